The van der Waals surface area contributed by atoms with Gasteiger partial charge in [0, 0.05) is 36.5 Å². The second-order valence-corrected chi connectivity index (χ2v) is 10.5. The van der Waals surface area contributed by atoms with Crippen LogP contribution < -0.4 is 0 Å². The van der Waals surface area contributed by atoms with Crippen LogP contribution in [-0.2, 0) is 4.79 Å². The molecule has 5 nitrogen and oxygen atoms in total. The molecule has 1 aliphatic carbocycles. The Bertz CT molecular complexity index is 1040. The van der Waals surface area contributed by atoms with Crippen LogP contribution >= 0.6 is 11.3 Å². The van der Waals surface area contributed by atoms with Crippen LogP contribution in [0, 0.1) is 18.2 Å². The van der Waals surface area contributed by atoms with Crippen LogP contribution in [0.25, 0.3) is 10.6 Å². The highest BCUT2D eigenvalue weighted by Gasteiger charge is 2.60. The standard InChI is InChI=1S/C24H28FN3O2S/c1-14-21(31-22(26-14)16-8-10-17(25)11-9-16)23(30)28-18-12-24(3)19(27(13-18)15(2)29)6-4-5-7-20(24)28/h8-11,18-20H,4-7,12-13H2,1-3H3/t18-,19+,20-,24+/m0/s1. The first-order valence-corrected chi connectivity index (χ1v) is 11.9. The SMILES string of the molecule is CC(=O)N1C[C@@H]2C[C@@]3(C)[C@H](CCCC[C@@H]13)N2C(=O)c1sc(-c2ccc(F)cc2)nc1C. The maximum absolute atomic E-state index is 13.9. The molecular weight excluding hydrogens is 413 g/mol. The molecule has 31 heavy (non-hydrogen) atoms. The lowest BCUT2D eigenvalue weighted by Crippen LogP contribution is -2.55. The Hall–Kier alpha value is -2.28. The van der Waals surface area contributed by atoms with Crippen molar-refractivity contribution in [3.05, 3.63) is 40.7 Å². The van der Waals surface area contributed by atoms with Crippen LogP contribution in [0.5, 0.6) is 0 Å². The summed E-state index contributed by atoms with van der Waals surface area (Å²) in [5.74, 6) is -0.138. The van der Waals surface area contributed by atoms with Gasteiger partial charge >= 0.3 is 0 Å². The first-order valence-electron chi connectivity index (χ1n) is 11.1. The summed E-state index contributed by atoms with van der Waals surface area (Å²) in [5, 5.41) is 0.735. The zero-order valence-electron chi connectivity index (χ0n) is 18.2. The molecule has 1 aromatic carbocycles. The third kappa shape index (κ3) is 3.20. The summed E-state index contributed by atoms with van der Waals surface area (Å²) in [7, 11) is 0. The van der Waals surface area contributed by atoms with Gasteiger partial charge < -0.3 is 9.80 Å². The second kappa shape index (κ2) is 7.40. The van der Waals surface area contributed by atoms with Gasteiger partial charge in [-0.2, -0.15) is 0 Å². The fourth-order valence-electron chi connectivity index (χ4n) is 6.25. The number of hydrogen-bond donors (Lipinski definition) is 0. The number of hydrogen-bond acceptors (Lipinski definition) is 4. The minimum Gasteiger partial charge on any atom is -0.337 e. The molecule has 0 spiro atoms. The van der Waals surface area contributed by atoms with E-state index in [4.69, 9.17) is 0 Å². The Morgan fingerprint density at radius 2 is 1.84 bits per heavy atom. The number of halogens is 1. The molecule has 2 aliphatic heterocycles. The van der Waals surface area contributed by atoms with Crippen molar-refractivity contribution in [3.63, 3.8) is 0 Å². The van der Waals surface area contributed by atoms with Crippen molar-refractivity contribution >= 4 is 23.2 Å². The number of nitrogens with zero attached hydrogens (tertiary/aromatic N) is 3. The number of likely N-dealkylation sites (tertiary alicyclic amines) is 2. The Kier molecular flexibility index (Phi) is 4.92. The zero-order chi connectivity index (χ0) is 21.9. The molecule has 0 radical (unpaired) electrons. The number of amides is 2. The lowest BCUT2D eigenvalue weighted by Gasteiger charge is -2.46. The van der Waals surface area contributed by atoms with Gasteiger partial charge in [-0.25, -0.2) is 9.37 Å². The van der Waals surface area contributed by atoms with E-state index in [1.807, 2.05) is 11.8 Å². The molecule has 4 atom stereocenters. The number of thiazole rings is 1. The topological polar surface area (TPSA) is 53.5 Å². The average Bonchev–Trinajstić information content (AvgIpc) is 3.16. The van der Waals surface area contributed by atoms with E-state index in [0.717, 1.165) is 48.4 Å². The molecule has 0 N–H and O–H groups in total. The molecule has 1 aromatic heterocycles. The number of carbonyl (C=O) groups excluding carboxylic acids is 2. The van der Waals surface area contributed by atoms with Crippen molar-refractivity contribution in [3.8, 4) is 10.6 Å². The largest absolute Gasteiger partial charge is 0.337 e. The number of aryl methyl sites for hydroxylation is 1. The predicted molar refractivity (Wildman–Crippen MR) is 118 cm³/mol. The zero-order valence-corrected chi connectivity index (χ0v) is 19.0. The van der Waals surface area contributed by atoms with Gasteiger partial charge in [0.05, 0.1) is 11.7 Å². The molecule has 0 unspecified atom stereocenters. The van der Waals surface area contributed by atoms with Gasteiger partial charge in [0.2, 0.25) is 5.91 Å². The molecule has 3 aliphatic rings. The fraction of sp³-hybridized carbons (Fsp3) is 0.542. The van der Waals surface area contributed by atoms with E-state index in [1.165, 1.54) is 23.5 Å². The molecule has 2 bridgehead atoms. The van der Waals surface area contributed by atoms with Crippen LogP contribution in [0.3, 0.4) is 0 Å². The van der Waals surface area contributed by atoms with E-state index in [-0.39, 0.29) is 41.2 Å². The molecule has 3 fully saturated rings. The van der Waals surface area contributed by atoms with E-state index < -0.39 is 0 Å². The van der Waals surface area contributed by atoms with Crippen molar-refractivity contribution in [2.24, 2.45) is 5.41 Å². The highest BCUT2D eigenvalue weighted by molar-refractivity contribution is 7.17. The number of rotatable bonds is 2. The van der Waals surface area contributed by atoms with E-state index >= 15 is 0 Å². The molecule has 5 rings (SSSR count). The Morgan fingerprint density at radius 3 is 2.52 bits per heavy atom. The normalized spacial score (nSPS) is 29.7. The minimum absolute atomic E-state index is 0.0353. The summed E-state index contributed by atoms with van der Waals surface area (Å²) in [6.07, 6.45) is 5.16. The Balaban J connectivity index is 1.51. The summed E-state index contributed by atoms with van der Waals surface area (Å²) in [6, 6.07) is 6.65. The number of carbonyl (C=O) groups is 2. The van der Waals surface area contributed by atoms with Crippen molar-refractivity contribution in [2.75, 3.05) is 6.54 Å². The van der Waals surface area contributed by atoms with Gasteiger partial charge in [-0.05, 0) is 50.5 Å². The summed E-state index contributed by atoms with van der Waals surface area (Å²) >= 11 is 1.38. The van der Waals surface area contributed by atoms with Gasteiger partial charge in [0.1, 0.15) is 15.7 Å². The summed E-state index contributed by atoms with van der Waals surface area (Å²) in [5.41, 5.74) is 1.48. The summed E-state index contributed by atoms with van der Waals surface area (Å²) in [6.45, 7) is 6.44. The average molecular weight is 442 g/mol. The Morgan fingerprint density at radius 1 is 1.16 bits per heavy atom. The van der Waals surface area contributed by atoms with E-state index in [1.54, 1.807) is 19.1 Å². The van der Waals surface area contributed by atoms with Crippen molar-refractivity contribution in [1.82, 2.24) is 14.8 Å². The number of aromatic nitrogens is 1. The molecule has 2 saturated heterocycles. The summed E-state index contributed by atoms with van der Waals surface area (Å²) < 4.78 is 13.3. The van der Waals surface area contributed by atoms with Gasteiger partial charge in [-0.1, -0.05) is 19.8 Å². The third-order valence-corrected chi connectivity index (χ3v) is 8.83. The lowest BCUT2D eigenvalue weighted by molar-refractivity contribution is -0.136. The van der Waals surface area contributed by atoms with E-state index in [0.29, 0.717) is 11.4 Å². The van der Waals surface area contributed by atoms with Crippen molar-refractivity contribution < 1.29 is 14.0 Å². The van der Waals surface area contributed by atoms with Crippen molar-refractivity contribution in [1.29, 1.82) is 0 Å². The highest BCUT2D eigenvalue weighted by Crippen LogP contribution is 2.54. The van der Waals surface area contributed by atoms with Crippen LogP contribution in [0.1, 0.15) is 61.3 Å². The van der Waals surface area contributed by atoms with E-state index in [2.05, 4.69) is 16.8 Å². The van der Waals surface area contributed by atoms with Crippen molar-refractivity contribution in [2.45, 2.75) is 71.0 Å². The monoisotopic (exact) mass is 441 g/mol. The maximum atomic E-state index is 13.9. The van der Waals surface area contributed by atoms with Gasteiger partial charge in [-0.3, -0.25) is 9.59 Å². The lowest BCUT2D eigenvalue weighted by atomic mass is 9.71. The first-order chi connectivity index (χ1) is 14.8. The number of piperidine rings is 1. The third-order valence-electron chi connectivity index (χ3n) is 7.64. The second-order valence-electron chi connectivity index (χ2n) is 9.50. The molecule has 164 valence electrons. The number of fused-ring (bicyclic) bond motifs is 1. The maximum Gasteiger partial charge on any atom is 0.266 e. The van der Waals surface area contributed by atoms with Gasteiger partial charge in [-0.15, -0.1) is 11.3 Å². The summed E-state index contributed by atoms with van der Waals surface area (Å²) in [4.78, 5) is 35.7. The van der Waals surface area contributed by atoms with Crippen LogP contribution in [0.4, 0.5) is 4.39 Å². The molecule has 7 heteroatoms. The van der Waals surface area contributed by atoms with Gasteiger partial charge in [0.25, 0.3) is 5.91 Å². The quantitative estimate of drug-likeness (QED) is 0.682. The smallest absolute Gasteiger partial charge is 0.266 e. The number of benzene rings is 1. The van der Waals surface area contributed by atoms with Crippen LogP contribution in [0.2, 0.25) is 0 Å². The molecule has 1 saturated carbocycles. The molecular formula is C24H28FN3O2S. The minimum atomic E-state index is -0.288. The van der Waals surface area contributed by atoms with E-state index in [9.17, 15) is 14.0 Å². The fourth-order valence-corrected chi connectivity index (χ4v) is 7.26. The molecule has 2 aromatic rings. The predicted octanol–water partition coefficient (Wildman–Crippen LogP) is 4.65. The highest BCUT2D eigenvalue weighted by atomic mass is 32.1. The molecule has 2 amide bonds. The van der Waals surface area contributed by atoms with Gasteiger partial charge in [0.15, 0.2) is 0 Å². The van der Waals surface area contributed by atoms with Crippen LogP contribution in [0.15, 0.2) is 24.3 Å². The first kappa shape index (κ1) is 20.6. The Labute approximate surface area is 186 Å². The molecule has 3 heterocycles. The van der Waals surface area contributed by atoms with Crippen LogP contribution in [-0.4, -0.2) is 51.3 Å².